The van der Waals surface area contributed by atoms with Crippen molar-refractivity contribution in [3.8, 4) is 0 Å². The summed E-state index contributed by atoms with van der Waals surface area (Å²) in [6.45, 7) is 2.82. The first-order chi connectivity index (χ1) is 10.1. The van der Waals surface area contributed by atoms with Gasteiger partial charge in [0.15, 0.2) is 0 Å². The van der Waals surface area contributed by atoms with E-state index in [0.29, 0.717) is 5.69 Å². The van der Waals surface area contributed by atoms with Crippen molar-refractivity contribution in [2.45, 2.75) is 13.3 Å². The molecule has 0 aromatic heterocycles. The SMILES string of the molecule is CCCNc1cc(Nc2ccccc2Br)cc([N+](=O)[O-])c1. The summed E-state index contributed by atoms with van der Waals surface area (Å²) in [5.74, 6) is 0. The van der Waals surface area contributed by atoms with Gasteiger partial charge in [-0.2, -0.15) is 0 Å². The normalized spacial score (nSPS) is 10.2. The zero-order valence-corrected chi connectivity index (χ0v) is 13.2. The predicted octanol–water partition coefficient (Wildman–Crippen LogP) is 4.92. The average molecular weight is 350 g/mol. The molecule has 21 heavy (non-hydrogen) atoms. The average Bonchev–Trinajstić information content (AvgIpc) is 2.47. The summed E-state index contributed by atoms with van der Waals surface area (Å²) in [6.07, 6.45) is 0.954. The van der Waals surface area contributed by atoms with E-state index >= 15 is 0 Å². The second-order valence-electron chi connectivity index (χ2n) is 4.56. The number of nitrogens with zero attached hydrogens (tertiary/aromatic N) is 1. The number of non-ortho nitro benzene ring substituents is 1. The summed E-state index contributed by atoms with van der Waals surface area (Å²) in [6, 6.07) is 12.6. The predicted molar refractivity (Wildman–Crippen MR) is 89.3 cm³/mol. The number of benzene rings is 2. The van der Waals surface area contributed by atoms with Gasteiger partial charge in [0.05, 0.1) is 10.6 Å². The standard InChI is InChI=1S/C15H16BrN3O2/c1-2-7-17-11-8-12(10-13(9-11)19(20)21)18-15-6-4-3-5-14(15)16/h3-6,8-10,17-18H,2,7H2,1H3. The molecule has 2 aromatic rings. The Morgan fingerprint density at radius 2 is 1.90 bits per heavy atom. The number of nitro benzene ring substituents is 1. The van der Waals surface area contributed by atoms with E-state index < -0.39 is 0 Å². The van der Waals surface area contributed by atoms with Crippen LogP contribution in [0.4, 0.5) is 22.7 Å². The van der Waals surface area contributed by atoms with Gasteiger partial charge in [-0.25, -0.2) is 0 Å². The van der Waals surface area contributed by atoms with Crippen LogP contribution in [0.15, 0.2) is 46.9 Å². The molecule has 2 rings (SSSR count). The van der Waals surface area contributed by atoms with E-state index in [2.05, 4.69) is 26.6 Å². The van der Waals surface area contributed by atoms with Crippen LogP contribution in [0.3, 0.4) is 0 Å². The van der Waals surface area contributed by atoms with Crippen LogP contribution in [-0.4, -0.2) is 11.5 Å². The van der Waals surface area contributed by atoms with E-state index in [1.165, 1.54) is 6.07 Å². The third-order valence-corrected chi connectivity index (χ3v) is 3.55. The Balaban J connectivity index is 2.31. The van der Waals surface area contributed by atoms with E-state index in [9.17, 15) is 10.1 Å². The fraction of sp³-hybridized carbons (Fsp3) is 0.200. The summed E-state index contributed by atoms with van der Waals surface area (Å²) < 4.78 is 0.902. The van der Waals surface area contributed by atoms with E-state index in [1.807, 2.05) is 37.3 Å². The Morgan fingerprint density at radius 3 is 2.57 bits per heavy atom. The van der Waals surface area contributed by atoms with E-state index in [4.69, 9.17) is 0 Å². The Labute approximate surface area is 131 Å². The molecule has 0 heterocycles. The largest absolute Gasteiger partial charge is 0.385 e. The first-order valence-corrected chi connectivity index (χ1v) is 7.44. The van der Waals surface area contributed by atoms with E-state index in [-0.39, 0.29) is 10.6 Å². The Hall–Kier alpha value is -2.08. The Bertz CT molecular complexity index is 647. The van der Waals surface area contributed by atoms with E-state index in [0.717, 1.165) is 28.8 Å². The lowest BCUT2D eigenvalue weighted by atomic mass is 10.2. The highest BCUT2D eigenvalue weighted by atomic mass is 79.9. The van der Waals surface area contributed by atoms with E-state index in [1.54, 1.807) is 6.07 Å². The van der Waals surface area contributed by atoms with Crippen LogP contribution >= 0.6 is 15.9 Å². The molecule has 0 radical (unpaired) electrons. The zero-order valence-electron chi connectivity index (χ0n) is 11.6. The Morgan fingerprint density at radius 1 is 1.19 bits per heavy atom. The fourth-order valence-corrected chi connectivity index (χ4v) is 2.26. The number of halogens is 1. The number of nitrogens with one attached hydrogen (secondary N) is 2. The molecule has 0 unspecified atom stereocenters. The van der Waals surface area contributed by atoms with Gasteiger partial charge in [-0.1, -0.05) is 19.1 Å². The van der Waals surface area contributed by atoms with Crippen molar-refractivity contribution >= 4 is 38.7 Å². The number of nitro groups is 1. The third kappa shape index (κ3) is 4.19. The second kappa shape index (κ2) is 7.08. The molecule has 110 valence electrons. The maximum absolute atomic E-state index is 11.0. The van der Waals surface area contributed by atoms with Gasteiger partial charge in [-0.05, 0) is 40.5 Å². The molecule has 5 nitrogen and oxygen atoms in total. The van der Waals surface area contributed by atoms with Crippen molar-refractivity contribution in [1.82, 2.24) is 0 Å². The number of hydrogen-bond donors (Lipinski definition) is 2. The molecule has 0 spiro atoms. The molecular formula is C15H16BrN3O2. The van der Waals surface area contributed by atoms with Crippen LogP contribution in [0.1, 0.15) is 13.3 Å². The lowest BCUT2D eigenvalue weighted by Gasteiger charge is -2.11. The van der Waals surface area contributed by atoms with Crippen LogP contribution in [0.2, 0.25) is 0 Å². The molecule has 0 aliphatic heterocycles. The van der Waals surface area contributed by atoms with Gasteiger partial charge in [0.1, 0.15) is 0 Å². The van der Waals surface area contributed by atoms with Gasteiger partial charge in [-0.15, -0.1) is 0 Å². The lowest BCUT2D eigenvalue weighted by molar-refractivity contribution is -0.384. The number of hydrogen-bond acceptors (Lipinski definition) is 4. The summed E-state index contributed by atoms with van der Waals surface area (Å²) in [5.41, 5.74) is 2.33. The van der Waals surface area contributed by atoms with Crippen molar-refractivity contribution in [2.24, 2.45) is 0 Å². The molecule has 0 amide bonds. The molecule has 0 saturated carbocycles. The highest BCUT2D eigenvalue weighted by molar-refractivity contribution is 9.10. The van der Waals surface area contributed by atoms with Crippen molar-refractivity contribution < 1.29 is 4.92 Å². The maximum Gasteiger partial charge on any atom is 0.273 e. The molecule has 0 saturated heterocycles. The Kier molecular flexibility index (Phi) is 5.16. The molecule has 0 atom stereocenters. The summed E-state index contributed by atoms with van der Waals surface area (Å²) in [7, 11) is 0. The topological polar surface area (TPSA) is 67.2 Å². The highest BCUT2D eigenvalue weighted by Crippen LogP contribution is 2.30. The van der Waals surface area contributed by atoms with Gasteiger partial charge in [-0.3, -0.25) is 10.1 Å². The van der Waals surface area contributed by atoms with Gasteiger partial charge in [0, 0.05) is 34.5 Å². The summed E-state index contributed by atoms with van der Waals surface area (Å²) in [5, 5.41) is 17.4. The zero-order chi connectivity index (χ0) is 15.2. The lowest BCUT2D eigenvalue weighted by Crippen LogP contribution is -2.02. The molecule has 0 bridgehead atoms. The van der Waals surface area contributed by atoms with Crippen LogP contribution in [-0.2, 0) is 0 Å². The fourth-order valence-electron chi connectivity index (χ4n) is 1.88. The number of anilines is 3. The van der Waals surface area contributed by atoms with Crippen LogP contribution in [0.5, 0.6) is 0 Å². The molecule has 0 fully saturated rings. The molecular weight excluding hydrogens is 334 g/mol. The highest BCUT2D eigenvalue weighted by Gasteiger charge is 2.10. The second-order valence-corrected chi connectivity index (χ2v) is 5.41. The quantitative estimate of drug-likeness (QED) is 0.573. The van der Waals surface area contributed by atoms with Crippen LogP contribution in [0, 0.1) is 10.1 Å². The van der Waals surface area contributed by atoms with Gasteiger partial charge in [0.25, 0.3) is 5.69 Å². The first kappa shape index (κ1) is 15.3. The summed E-state index contributed by atoms with van der Waals surface area (Å²) >= 11 is 3.45. The monoisotopic (exact) mass is 349 g/mol. The van der Waals surface area contributed by atoms with Crippen LogP contribution < -0.4 is 10.6 Å². The third-order valence-electron chi connectivity index (χ3n) is 2.86. The van der Waals surface area contributed by atoms with Crippen molar-refractivity contribution in [2.75, 3.05) is 17.2 Å². The van der Waals surface area contributed by atoms with Crippen molar-refractivity contribution in [3.63, 3.8) is 0 Å². The number of para-hydroxylation sites is 1. The molecule has 2 aromatic carbocycles. The molecule has 0 aliphatic rings. The smallest absolute Gasteiger partial charge is 0.273 e. The molecule has 0 aliphatic carbocycles. The molecule has 2 N–H and O–H groups in total. The minimum Gasteiger partial charge on any atom is -0.385 e. The minimum atomic E-state index is -0.387. The van der Waals surface area contributed by atoms with Crippen molar-refractivity contribution in [1.29, 1.82) is 0 Å². The number of rotatable bonds is 6. The van der Waals surface area contributed by atoms with Crippen LogP contribution in [0.25, 0.3) is 0 Å². The van der Waals surface area contributed by atoms with Gasteiger partial charge >= 0.3 is 0 Å². The first-order valence-electron chi connectivity index (χ1n) is 6.65. The minimum absolute atomic E-state index is 0.0608. The van der Waals surface area contributed by atoms with Gasteiger partial charge in [0.2, 0.25) is 0 Å². The summed E-state index contributed by atoms with van der Waals surface area (Å²) in [4.78, 5) is 10.7. The maximum atomic E-state index is 11.0. The van der Waals surface area contributed by atoms with Crippen molar-refractivity contribution in [3.05, 3.63) is 57.1 Å². The molecule has 6 heteroatoms. The van der Waals surface area contributed by atoms with Gasteiger partial charge < -0.3 is 10.6 Å².